The first kappa shape index (κ1) is 10.9. The standard InChI is InChI=1S/C12H11ClN2O/c1-8(16)12-10(13)4-3-5-11(12)15-7-6-14-9(15)2/h3-7H,1-2H3. The summed E-state index contributed by atoms with van der Waals surface area (Å²) in [6.45, 7) is 3.39. The molecule has 0 aliphatic rings. The van der Waals surface area contributed by atoms with E-state index in [1.165, 1.54) is 6.92 Å². The van der Waals surface area contributed by atoms with Crippen molar-refractivity contribution in [2.75, 3.05) is 0 Å². The lowest BCUT2D eigenvalue weighted by Gasteiger charge is -2.10. The predicted octanol–water partition coefficient (Wildman–Crippen LogP) is 3.04. The summed E-state index contributed by atoms with van der Waals surface area (Å²) in [4.78, 5) is 15.7. The number of nitrogens with zero attached hydrogens (tertiary/aromatic N) is 2. The third kappa shape index (κ3) is 1.74. The summed E-state index contributed by atoms with van der Waals surface area (Å²) in [5.41, 5.74) is 1.31. The van der Waals surface area contributed by atoms with Gasteiger partial charge in [-0.3, -0.25) is 4.79 Å². The second-order valence-electron chi connectivity index (χ2n) is 3.53. The molecule has 0 aliphatic carbocycles. The second-order valence-corrected chi connectivity index (χ2v) is 3.94. The van der Waals surface area contributed by atoms with Gasteiger partial charge < -0.3 is 4.57 Å². The molecular formula is C12H11ClN2O. The number of carbonyl (C=O) groups excluding carboxylic acids is 1. The summed E-state index contributed by atoms with van der Waals surface area (Å²) < 4.78 is 1.85. The Hall–Kier alpha value is -1.61. The molecule has 2 aromatic rings. The topological polar surface area (TPSA) is 34.9 Å². The Morgan fingerprint density at radius 1 is 1.44 bits per heavy atom. The maximum Gasteiger partial charge on any atom is 0.163 e. The minimum atomic E-state index is -0.0475. The predicted molar refractivity (Wildman–Crippen MR) is 63.3 cm³/mol. The zero-order valence-electron chi connectivity index (χ0n) is 9.07. The van der Waals surface area contributed by atoms with Gasteiger partial charge in [-0.15, -0.1) is 0 Å². The van der Waals surface area contributed by atoms with Crippen LogP contribution in [0.3, 0.4) is 0 Å². The number of imidazole rings is 1. The average Bonchev–Trinajstić information content (AvgIpc) is 2.63. The van der Waals surface area contributed by atoms with Crippen LogP contribution in [-0.4, -0.2) is 15.3 Å². The maximum absolute atomic E-state index is 11.6. The van der Waals surface area contributed by atoms with Crippen LogP contribution in [0.1, 0.15) is 23.1 Å². The lowest BCUT2D eigenvalue weighted by molar-refractivity contribution is 0.101. The van der Waals surface area contributed by atoms with Crippen molar-refractivity contribution in [1.29, 1.82) is 0 Å². The van der Waals surface area contributed by atoms with Crippen LogP contribution in [0, 0.1) is 6.92 Å². The highest BCUT2D eigenvalue weighted by molar-refractivity contribution is 6.34. The van der Waals surface area contributed by atoms with E-state index < -0.39 is 0 Å². The third-order valence-corrected chi connectivity index (χ3v) is 2.74. The van der Waals surface area contributed by atoms with E-state index >= 15 is 0 Å². The molecule has 0 spiro atoms. The summed E-state index contributed by atoms with van der Waals surface area (Å²) in [7, 11) is 0. The van der Waals surface area contributed by atoms with E-state index in [1.54, 1.807) is 12.3 Å². The molecule has 0 N–H and O–H groups in total. The van der Waals surface area contributed by atoms with Crippen LogP contribution in [0.15, 0.2) is 30.6 Å². The van der Waals surface area contributed by atoms with Gasteiger partial charge in [-0.1, -0.05) is 17.7 Å². The van der Waals surface area contributed by atoms with Crippen LogP contribution < -0.4 is 0 Å². The Balaban J connectivity index is 2.70. The molecular weight excluding hydrogens is 224 g/mol. The summed E-state index contributed by atoms with van der Waals surface area (Å²) in [5, 5.41) is 0.470. The van der Waals surface area contributed by atoms with Gasteiger partial charge in [-0.25, -0.2) is 4.98 Å². The molecule has 1 aromatic carbocycles. The van der Waals surface area contributed by atoms with Gasteiger partial charge >= 0.3 is 0 Å². The molecule has 0 fully saturated rings. The monoisotopic (exact) mass is 234 g/mol. The van der Waals surface area contributed by atoms with E-state index in [9.17, 15) is 4.79 Å². The quantitative estimate of drug-likeness (QED) is 0.749. The fourth-order valence-corrected chi connectivity index (χ4v) is 2.00. The number of ketones is 1. The van der Waals surface area contributed by atoms with E-state index in [-0.39, 0.29) is 5.78 Å². The third-order valence-electron chi connectivity index (χ3n) is 2.43. The molecule has 1 heterocycles. The van der Waals surface area contributed by atoms with Gasteiger partial charge in [0.05, 0.1) is 16.3 Å². The van der Waals surface area contributed by atoms with Crippen LogP contribution in [-0.2, 0) is 0 Å². The van der Waals surface area contributed by atoms with Crippen LogP contribution in [0.25, 0.3) is 5.69 Å². The number of halogens is 1. The highest BCUT2D eigenvalue weighted by Crippen LogP contribution is 2.24. The molecule has 0 aliphatic heterocycles. The molecule has 0 radical (unpaired) electrons. The minimum Gasteiger partial charge on any atom is -0.303 e. The first-order chi connectivity index (χ1) is 7.61. The summed E-state index contributed by atoms with van der Waals surface area (Å²) in [5.74, 6) is 0.776. The van der Waals surface area contributed by atoms with Gasteiger partial charge in [0.1, 0.15) is 5.82 Å². The minimum absolute atomic E-state index is 0.0475. The van der Waals surface area contributed by atoms with Crippen molar-refractivity contribution < 1.29 is 4.79 Å². The van der Waals surface area contributed by atoms with Gasteiger partial charge in [-0.2, -0.15) is 0 Å². The highest BCUT2D eigenvalue weighted by Gasteiger charge is 2.13. The van der Waals surface area contributed by atoms with Crippen molar-refractivity contribution in [2.45, 2.75) is 13.8 Å². The van der Waals surface area contributed by atoms with E-state index in [0.29, 0.717) is 10.6 Å². The molecule has 0 saturated heterocycles. The Morgan fingerprint density at radius 2 is 2.19 bits per heavy atom. The SMILES string of the molecule is CC(=O)c1c(Cl)cccc1-n1ccnc1C. The Morgan fingerprint density at radius 3 is 2.75 bits per heavy atom. The first-order valence-electron chi connectivity index (χ1n) is 4.91. The summed E-state index contributed by atoms with van der Waals surface area (Å²) in [6, 6.07) is 5.40. The van der Waals surface area contributed by atoms with Gasteiger partial charge in [0.25, 0.3) is 0 Å². The molecule has 0 saturated carbocycles. The van der Waals surface area contributed by atoms with Crippen molar-refractivity contribution in [3.05, 3.63) is 47.0 Å². The van der Waals surface area contributed by atoms with Crippen LogP contribution in [0.5, 0.6) is 0 Å². The number of aryl methyl sites for hydroxylation is 1. The number of carbonyl (C=O) groups is 1. The van der Waals surface area contributed by atoms with E-state index in [2.05, 4.69) is 4.98 Å². The van der Waals surface area contributed by atoms with Gasteiger partial charge in [0.15, 0.2) is 5.78 Å². The lowest BCUT2D eigenvalue weighted by Crippen LogP contribution is -2.04. The molecule has 82 valence electrons. The van der Waals surface area contributed by atoms with Crippen LogP contribution >= 0.6 is 11.6 Å². The van der Waals surface area contributed by atoms with Gasteiger partial charge in [-0.05, 0) is 26.0 Å². The lowest BCUT2D eigenvalue weighted by atomic mass is 10.1. The molecule has 2 rings (SSSR count). The number of rotatable bonds is 2. The second kappa shape index (κ2) is 4.10. The normalized spacial score (nSPS) is 10.4. The molecule has 0 unspecified atom stereocenters. The number of Topliss-reactive ketones (excluding diaryl/α,β-unsaturated/α-hetero) is 1. The zero-order chi connectivity index (χ0) is 11.7. The number of hydrogen-bond donors (Lipinski definition) is 0. The smallest absolute Gasteiger partial charge is 0.163 e. The molecule has 1 aromatic heterocycles. The molecule has 0 bridgehead atoms. The van der Waals surface area contributed by atoms with E-state index in [1.807, 2.05) is 29.8 Å². The van der Waals surface area contributed by atoms with Gasteiger partial charge in [0.2, 0.25) is 0 Å². The largest absolute Gasteiger partial charge is 0.303 e. The molecule has 0 amide bonds. The number of benzene rings is 1. The maximum atomic E-state index is 11.6. The average molecular weight is 235 g/mol. The Bertz CT molecular complexity index is 546. The molecule has 16 heavy (non-hydrogen) atoms. The first-order valence-corrected chi connectivity index (χ1v) is 5.29. The molecule has 0 atom stereocenters. The Labute approximate surface area is 98.7 Å². The summed E-state index contributed by atoms with van der Waals surface area (Å²) in [6.07, 6.45) is 3.51. The van der Waals surface area contributed by atoms with Crippen molar-refractivity contribution in [1.82, 2.24) is 9.55 Å². The van der Waals surface area contributed by atoms with Gasteiger partial charge in [0, 0.05) is 12.4 Å². The molecule has 4 heteroatoms. The van der Waals surface area contributed by atoms with E-state index in [4.69, 9.17) is 11.6 Å². The van der Waals surface area contributed by atoms with Crippen molar-refractivity contribution in [2.24, 2.45) is 0 Å². The van der Waals surface area contributed by atoms with E-state index in [0.717, 1.165) is 11.5 Å². The van der Waals surface area contributed by atoms with Crippen LogP contribution in [0.4, 0.5) is 0 Å². The van der Waals surface area contributed by atoms with Crippen molar-refractivity contribution in [3.8, 4) is 5.69 Å². The Kier molecular flexibility index (Phi) is 2.79. The number of aromatic nitrogens is 2. The fourth-order valence-electron chi connectivity index (χ4n) is 1.69. The summed E-state index contributed by atoms with van der Waals surface area (Å²) >= 11 is 6.04. The number of hydrogen-bond acceptors (Lipinski definition) is 2. The fraction of sp³-hybridized carbons (Fsp3) is 0.167. The molecule has 3 nitrogen and oxygen atoms in total. The van der Waals surface area contributed by atoms with Crippen molar-refractivity contribution >= 4 is 17.4 Å². The highest BCUT2D eigenvalue weighted by atomic mass is 35.5. The van der Waals surface area contributed by atoms with Crippen molar-refractivity contribution in [3.63, 3.8) is 0 Å². The zero-order valence-corrected chi connectivity index (χ0v) is 9.82. The van der Waals surface area contributed by atoms with Crippen LogP contribution in [0.2, 0.25) is 5.02 Å².